The van der Waals surface area contributed by atoms with Crippen LogP contribution in [0.5, 0.6) is 11.5 Å². The lowest BCUT2D eigenvalue weighted by Crippen LogP contribution is -2.58. The highest BCUT2D eigenvalue weighted by Crippen LogP contribution is 2.28. The fourth-order valence-electron chi connectivity index (χ4n) is 4.59. The molecule has 0 spiro atoms. The van der Waals surface area contributed by atoms with Gasteiger partial charge in [-0.25, -0.2) is 0 Å². The maximum atomic E-state index is 13.3. The number of carbonyl (C=O) groups is 1. The van der Waals surface area contributed by atoms with Gasteiger partial charge < -0.3 is 24.0 Å². The van der Waals surface area contributed by atoms with Crippen molar-refractivity contribution in [3.63, 3.8) is 0 Å². The van der Waals surface area contributed by atoms with Gasteiger partial charge in [-0.05, 0) is 49.0 Å². The molecule has 0 aromatic heterocycles. The smallest absolute Gasteiger partial charge is 0.491 e. The Morgan fingerprint density at radius 3 is 2.49 bits per heavy atom. The average molecular weight is 542 g/mol. The van der Waals surface area contributed by atoms with E-state index in [1.807, 2.05) is 11.9 Å². The van der Waals surface area contributed by atoms with E-state index < -0.39 is 12.0 Å². The molecule has 1 amide bonds. The first-order valence-corrected chi connectivity index (χ1v) is 12.5. The summed E-state index contributed by atoms with van der Waals surface area (Å²) in [4.78, 5) is 19.4. The van der Waals surface area contributed by atoms with E-state index in [9.17, 15) is 18.0 Å². The van der Waals surface area contributed by atoms with Crippen LogP contribution in [0.4, 0.5) is 13.2 Å². The lowest BCUT2D eigenvalue weighted by Gasteiger charge is -2.43. The van der Waals surface area contributed by atoms with Crippen LogP contribution in [-0.4, -0.2) is 92.1 Å². The van der Waals surface area contributed by atoms with Crippen LogP contribution in [0.15, 0.2) is 48.5 Å². The Hall–Kier alpha value is -2.53. The van der Waals surface area contributed by atoms with E-state index in [4.69, 9.17) is 21.1 Å². The van der Waals surface area contributed by atoms with Crippen molar-refractivity contribution < 1.29 is 32.2 Å². The Morgan fingerprint density at radius 1 is 1.05 bits per heavy atom. The highest BCUT2D eigenvalue weighted by Gasteiger charge is 2.41. The minimum absolute atomic E-state index is 0.00442. The molecule has 37 heavy (non-hydrogen) atoms. The van der Waals surface area contributed by atoms with E-state index in [0.717, 1.165) is 13.1 Å². The van der Waals surface area contributed by atoms with Crippen LogP contribution in [0.25, 0.3) is 0 Å². The number of morpholine rings is 1. The number of alkyl halides is 3. The van der Waals surface area contributed by atoms with Gasteiger partial charge in [-0.1, -0.05) is 23.7 Å². The predicted octanol–water partition coefficient (Wildman–Crippen LogP) is 4.05. The van der Waals surface area contributed by atoms with Crippen LogP contribution >= 0.6 is 11.6 Å². The Balaban J connectivity index is 1.47. The number of likely N-dealkylation sites (N-methyl/N-ethyl adjacent to an activating group) is 1. The van der Waals surface area contributed by atoms with E-state index in [1.165, 1.54) is 18.2 Å². The average Bonchev–Trinajstić information content (AvgIpc) is 2.83. The molecule has 2 fully saturated rings. The molecule has 0 unspecified atom stereocenters. The largest absolute Gasteiger partial charge is 0.573 e. The van der Waals surface area contributed by atoms with E-state index in [-0.39, 0.29) is 24.7 Å². The second-order valence-corrected chi connectivity index (χ2v) is 9.98. The molecule has 4 rings (SSSR count). The number of nitrogens with zero attached hydrogens (tertiary/aromatic N) is 3. The molecule has 202 valence electrons. The molecule has 2 aliphatic rings. The molecule has 0 radical (unpaired) electrons. The molecule has 2 aromatic rings. The second kappa shape index (κ2) is 11.9. The molecule has 1 atom stereocenters. The lowest BCUT2D eigenvalue weighted by molar-refractivity contribution is -0.274. The summed E-state index contributed by atoms with van der Waals surface area (Å²) >= 11 is 5.98. The van der Waals surface area contributed by atoms with Gasteiger partial charge >= 0.3 is 6.36 Å². The number of amides is 1. The quantitative estimate of drug-likeness (QED) is 0.503. The number of benzene rings is 2. The van der Waals surface area contributed by atoms with Gasteiger partial charge in [0.05, 0.1) is 13.0 Å². The van der Waals surface area contributed by atoms with Crippen molar-refractivity contribution >= 4 is 17.5 Å². The van der Waals surface area contributed by atoms with Crippen molar-refractivity contribution in [1.82, 2.24) is 14.7 Å². The Bertz CT molecular complexity index is 1050. The third-order valence-electron chi connectivity index (χ3n) is 6.51. The van der Waals surface area contributed by atoms with Crippen molar-refractivity contribution in [2.75, 3.05) is 59.5 Å². The summed E-state index contributed by atoms with van der Waals surface area (Å²) < 4.78 is 54.3. The summed E-state index contributed by atoms with van der Waals surface area (Å²) in [6.45, 7) is 4.75. The van der Waals surface area contributed by atoms with Crippen LogP contribution in [0, 0.1) is 0 Å². The summed E-state index contributed by atoms with van der Waals surface area (Å²) in [6, 6.07) is 12.9. The van der Waals surface area contributed by atoms with Gasteiger partial charge in [0.2, 0.25) is 5.91 Å². The molecular formula is C26H31ClF3N3O4. The van der Waals surface area contributed by atoms with Gasteiger partial charge in [0.1, 0.15) is 23.7 Å². The van der Waals surface area contributed by atoms with E-state index >= 15 is 0 Å². The van der Waals surface area contributed by atoms with E-state index in [1.54, 1.807) is 30.3 Å². The second-order valence-electron chi connectivity index (χ2n) is 9.54. The summed E-state index contributed by atoms with van der Waals surface area (Å²) in [6.07, 6.45) is -4.62. The monoisotopic (exact) mass is 541 g/mol. The molecule has 0 saturated carbocycles. The van der Waals surface area contributed by atoms with Crippen molar-refractivity contribution in [2.24, 2.45) is 0 Å². The van der Waals surface area contributed by atoms with Crippen LogP contribution in [0.3, 0.4) is 0 Å². The molecule has 0 bridgehead atoms. The number of piperazine rings is 1. The van der Waals surface area contributed by atoms with E-state index in [2.05, 4.69) is 14.5 Å². The van der Waals surface area contributed by atoms with Gasteiger partial charge in [0.15, 0.2) is 0 Å². The first-order chi connectivity index (χ1) is 17.6. The van der Waals surface area contributed by atoms with Crippen LogP contribution in [0.1, 0.15) is 12.0 Å². The fourth-order valence-corrected chi connectivity index (χ4v) is 4.72. The number of hydrogen-bond donors (Lipinski definition) is 0. The molecular weight excluding hydrogens is 511 g/mol. The number of ether oxygens (including phenoxy) is 3. The SMILES string of the molecule is CN1CCN(C(=O)C[C@@]2(COc3ccc(Cl)cc3)CN(Cc3cccc(OC(F)(F)F)c3)CCO2)CC1. The zero-order chi connectivity index (χ0) is 26.5. The van der Waals surface area contributed by atoms with Crippen molar-refractivity contribution in [3.05, 3.63) is 59.1 Å². The van der Waals surface area contributed by atoms with Gasteiger partial charge in [-0.15, -0.1) is 13.2 Å². The Morgan fingerprint density at radius 2 is 1.78 bits per heavy atom. The first kappa shape index (κ1) is 27.5. The van der Waals surface area contributed by atoms with Gasteiger partial charge in [0, 0.05) is 50.8 Å². The highest BCUT2D eigenvalue weighted by atomic mass is 35.5. The van der Waals surface area contributed by atoms with Crippen molar-refractivity contribution in [1.29, 1.82) is 0 Å². The summed E-state index contributed by atoms with van der Waals surface area (Å²) in [5, 5.41) is 0.587. The van der Waals surface area contributed by atoms with Crippen molar-refractivity contribution in [2.45, 2.75) is 24.9 Å². The van der Waals surface area contributed by atoms with Gasteiger partial charge in [0.25, 0.3) is 0 Å². The molecule has 2 aliphatic heterocycles. The number of carbonyl (C=O) groups excluding carboxylic acids is 1. The Kier molecular flexibility index (Phi) is 8.84. The zero-order valence-electron chi connectivity index (χ0n) is 20.7. The maximum absolute atomic E-state index is 13.3. The maximum Gasteiger partial charge on any atom is 0.573 e. The molecule has 11 heteroatoms. The number of halogens is 4. The lowest BCUT2D eigenvalue weighted by atomic mass is 9.96. The Labute approximate surface area is 219 Å². The summed E-state index contributed by atoms with van der Waals surface area (Å²) in [5.74, 6) is 0.338. The van der Waals surface area contributed by atoms with Crippen LogP contribution in [-0.2, 0) is 16.1 Å². The normalized spacial score (nSPS) is 21.6. The van der Waals surface area contributed by atoms with Gasteiger partial charge in [-0.3, -0.25) is 9.69 Å². The first-order valence-electron chi connectivity index (χ1n) is 12.1. The zero-order valence-corrected chi connectivity index (χ0v) is 21.4. The van der Waals surface area contributed by atoms with Gasteiger partial charge in [-0.2, -0.15) is 0 Å². The molecule has 0 N–H and O–H groups in total. The standard InChI is InChI=1S/C26H31ClF3N3O4/c1-31-9-11-33(12-10-31)24(34)16-25(19-35-22-7-5-21(27)6-8-22)18-32(13-14-36-25)17-20-3-2-4-23(15-20)37-26(28,29)30/h2-8,15H,9-14,16-19H2,1H3/t25-/m0/s1. The van der Waals surface area contributed by atoms with Crippen LogP contribution < -0.4 is 9.47 Å². The summed E-state index contributed by atoms with van der Waals surface area (Å²) in [7, 11) is 2.03. The highest BCUT2D eigenvalue weighted by molar-refractivity contribution is 6.30. The van der Waals surface area contributed by atoms with Crippen molar-refractivity contribution in [3.8, 4) is 11.5 Å². The molecule has 0 aliphatic carbocycles. The minimum Gasteiger partial charge on any atom is -0.491 e. The van der Waals surface area contributed by atoms with Crippen LogP contribution in [0.2, 0.25) is 5.02 Å². The summed E-state index contributed by atoms with van der Waals surface area (Å²) in [5.41, 5.74) is -0.250. The predicted molar refractivity (Wildman–Crippen MR) is 133 cm³/mol. The molecule has 2 heterocycles. The number of hydrogen-bond acceptors (Lipinski definition) is 6. The number of rotatable bonds is 8. The molecule has 2 aromatic carbocycles. The third-order valence-corrected chi connectivity index (χ3v) is 6.76. The van der Waals surface area contributed by atoms with E-state index in [0.29, 0.717) is 55.7 Å². The topological polar surface area (TPSA) is 54.5 Å². The minimum atomic E-state index is -4.75. The molecule has 2 saturated heterocycles. The molecule has 7 nitrogen and oxygen atoms in total. The third kappa shape index (κ3) is 8.23. The fraction of sp³-hybridized carbons (Fsp3) is 0.500.